The number of carbonyl (C=O) groups is 1. The predicted molar refractivity (Wildman–Crippen MR) is 70.3 cm³/mol. The van der Waals surface area contributed by atoms with Crippen LogP contribution in [0.5, 0.6) is 0 Å². The minimum Gasteiger partial charge on any atom is -0.376 e. The molecule has 1 aromatic carbocycles. The van der Waals surface area contributed by atoms with Crippen molar-refractivity contribution in [1.29, 1.82) is 0 Å². The minimum atomic E-state index is -0.196. The molecule has 0 radical (unpaired) electrons. The van der Waals surface area contributed by atoms with Crippen LogP contribution in [-0.4, -0.2) is 24.8 Å². The van der Waals surface area contributed by atoms with E-state index in [1.165, 1.54) is 0 Å². The summed E-state index contributed by atoms with van der Waals surface area (Å²) in [6.45, 7) is 3.18. The maximum atomic E-state index is 11.8. The van der Waals surface area contributed by atoms with Gasteiger partial charge < -0.3 is 21.1 Å². The average molecular weight is 249 g/mol. The third-order valence-electron chi connectivity index (χ3n) is 3.14. The number of rotatable bonds is 3. The number of nitrogens with two attached hydrogens (primary N) is 1. The lowest BCUT2D eigenvalue weighted by molar-refractivity contribution is 0.114. The number of hydrogen-bond donors (Lipinski definition) is 3. The van der Waals surface area contributed by atoms with Gasteiger partial charge in [0, 0.05) is 18.8 Å². The van der Waals surface area contributed by atoms with E-state index in [9.17, 15) is 4.79 Å². The highest BCUT2D eigenvalue weighted by Crippen LogP contribution is 2.13. The Kier molecular flexibility index (Phi) is 4.17. The van der Waals surface area contributed by atoms with Crippen molar-refractivity contribution in [3.05, 3.63) is 29.8 Å². The summed E-state index contributed by atoms with van der Waals surface area (Å²) in [5.74, 6) is 0. The minimum absolute atomic E-state index is 0.0790. The number of benzene rings is 1. The molecule has 2 rings (SSSR count). The maximum Gasteiger partial charge on any atom is 0.319 e. The topological polar surface area (TPSA) is 76.4 Å². The van der Waals surface area contributed by atoms with E-state index in [-0.39, 0.29) is 18.2 Å². The first kappa shape index (κ1) is 12.9. The van der Waals surface area contributed by atoms with Gasteiger partial charge in [0.15, 0.2) is 0 Å². The number of ether oxygens (including phenoxy) is 1. The summed E-state index contributed by atoms with van der Waals surface area (Å²) in [7, 11) is 0. The van der Waals surface area contributed by atoms with Crippen LogP contribution in [0.15, 0.2) is 24.3 Å². The van der Waals surface area contributed by atoms with Crippen molar-refractivity contribution in [3.63, 3.8) is 0 Å². The van der Waals surface area contributed by atoms with Crippen LogP contribution in [0, 0.1) is 0 Å². The number of carbonyl (C=O) groups excluding carboxylic acids is 1. The molecule has 2 unspecified atom stereocenters. The highest BCUT2D eigenvalue weighted by Gasteiger charge is 2.25. The quantitative estimate of drug-likeness (QED) is 0.758. The zero-order chi connectivity index (χ0) is 13.0. The summed E-state index contributed by atoms with van der Waals surface area (Å²) in [4.78, 5) is 11.8. The van der Waals surface area contributed by atoms with Crippen LogP contribution in [-0.2, 0) is 11.3 Å². The molecular formula is C13H19N3O2. The van der Waals surface area contributed by atoms with Crippen molar-refractivity contribution >= 4 is 11.7 Å². The Hall–Kier alpha value is -1.59. The van der Waals surface area contributed by atoms with Gasteiger partial charge in [-0.3, -0.25) is 0 Å². The monoisotopic (exact) mass is 249 g/mol. The van der Waals surface area contributed by atoms with Crippen molar-refractivity contribution in [1.82, 2.24) is 5.32 Å². The standard InChI is InChI=1S/C13H19N3O2/c1-9-12(6-7-18-9)16-13(17)15-11-4-2-10(8-14)3-5-11/h2-5,9,12H,6-8,14H2,1H3,(H2,15,16,17). The van der Waals surface area contributed by atoms with Gasteiger partial charge in [0.1, 0.15) is 0 Å². The van der Waals surface area contributed by atoms with Crippen molar-refractivity contribution in [2.45, 2.75) is 32.0 Å². The second-order valence-corrected chi connectivity index (χ2v) is 4.47. The Bertz CT molecular complexity index is 405. The molecule has 0 saturated carbocycles. The Morgan fingerprint density at radius 1 is 1.44 bits per heavy atom. The molecule has 2 atom stereocenters. The third-order valence-corrected chi connectivity index (χ3v) is 3.14. The second kappa shape index (κ2) is 5.84. The molecule has 0 bridgehead atoms. The largest absolute Gasteiger partial charge is 0.376 e. The fourth-order valence-electron chi connectivity index (χ4n) is 1.98. The maximum absolute atomic E-state index is 11.8. The molecule has 0 aromatic heterocycles. The zero-order valence-electron chi connectivity index (χ0n) is 10.5. The van der Waals surface area contributed by atoms with Crippen LogP contribution in [0.3, 0.4) is 0 Å². The Morgan fingerprint density at radius 3 is 2.72 bits per heavy atom. The fraction of sp³-hybridized carbons (Fsp3) is 0.462. The molecule has 5 heteroatoms. The summed E-state index contributed by atoms with van der Waals surface area (Å²) < 4.78 is 5.39. The van der Waals surface area contributed by atoms with Gasteiger partial charge in [-0.2, -0.15) is 0 Å². The van der Waals surface area contributed by atoms with E-state index in [0.717, 1.165) is 17.7 Å². The Labute approximate surface area is 107 Å². The lowest BCUT2D eigenvalue weighted by Crippen LogP contribution is -2.41. The molecule has 1 saturated heterocycles. The van der Waals surface area contributed by atoms with Crippen molar-refractivity contribution in [3.8, 4) is 0 Å². The molecule has 1 aliphatic heterocycles. The van der Waals surface area contributed by atoms with Gasteiger partial charge in [0.25, 0.3) is 0 Å². The lowest BCUT2D eigenvalue weighted by atomic mass is 10.1. The fourth-order valence-corrected chi connectivity index (χ4v) is 1.98. The van der Waals surface area contributed by atoms with Gasteiger partial charge in [0.2, 0.25) is 0 Å². The number of urea groups is 1. The summed E-state index contributed by atoms with van der Waals surface area (Å²) in [6, 6.07) is 7.38. The molecule has 2 amide bonds. The first-order valence-electron chi connectivity index (χ1n) is 6.17. The normalized spacial score (nSPS) is 22.8. The number of nitrogens with one attached hydrogen (secondary N) is 2. The van der Waals surface area contributed by atoms with E-state index < -0.39 is 0 Å². The van der Waals surface area contributed by atoms with E-state index in [2.05, 4.69) is 10.6 Å². The number of hydrogen-bond acceptors (Lipinski definition) is 3. The molecule has 5 nitrogen and oxygen atoms in total. The molecule has 1 heterocycles. The SMILES string of the molecule is CC1OCCC1NC(=O)Nc1ccc(CN)cc1. The van der Waals surface area contributed by atoms with E-state index in [1.807, 2.05) is 31.2 Å². The van der Waals surface area contributed by atoms with Crippen molar-refractivity contribution in [2.75, 3.05) is 11.9 Å². The zero-order valence-corrected chi connectivity index (χ0v) is 10.5. The Balaban J connectivity index is 1.86. The molecule has 98 valence electrons. The van der Waals surface area contributed by atoms with Crippen LogP contribution in [0.25, 0.3) is 0 Å². The van der Waals surface area contributed by atoms with E-state index in [4.69, 9.17) is 10.5 Å². The van der Waals surface area contributed by atoms with Gasteiger partial charge in [-0.15, -0.1) is 0 Å². The van der Waals surface area contributed by atoms with Crippen LogP contribution in [0.1, 0.15) is 18.9 Å². The Morgan fingerprint density at radius 2 is 2.17 bits per heavy atom. The molecule has 4 N–H and O–H groups in total. The third kappa shape index (κ3) is 3.21. The van der Waals surface area contributed by atoms with E-state index >= 15 is 0 Å². The predicted octanol–water partition coefficient (Wildman–Crippen LogP) is 1.44. The summed E-state index contributed by atoms with van der Waals surface area (Å²) in [5.41, 5.74) is 7.31. The van der Waals surface area contributed by atoms with Crippen molar-refractivity contribution < 1.29 is 9.53 Å². The van der Waals surface area contributed by atoms with Crippen LogP contribution in [0.4, 0.5) is 10.5 Å². The van der Waals surface area contributed by atoms with Gasteiger partial charge >= 0.3 is 6.03 Å². The van der Waals surface area contributed by atoms with Gasteiger partial charge in [-0.1, -0.05) is 12.1 Å². The van der Waals surface area contributed by atoms with Crippen LogP contribution >= 0.6 is 0 Å². The molecule has 18 heavy (non-hydrogen) atoms. The van der Waals surface area contributed by atoms with Gasteiger partial charge in [-0.05, 0) is 31.0 Å². The average Bonchev–Trinajstić information content (AvgIpc) is 2.76. The van der Waals surface area contributed by atoms with E-state index in [1.54, 1.807) is 0 Å². The highest BCUT2D eigenvalue weighted by molar-refractivity contribution is 5.89. The lowest BCUT2D eigenvalue weighted by Gasteiger charge is -2.16. The second-order valence-electron chi connectivity index (χ2n) is 4.47. The van der Waals surface area contributed by atoms with Gasteiger partial charge in [0.05, 0.1) is 12.1 Å². The number of amides is 2. The first-order valence-corrected chi connectivity index (χ1v) is 6.17. The molecule has 1 fully saturated rings. The smallest absolute Gasteiger partial charge is 0.319 e. The summed E-state index contributed by atoms with van der Waals surface area (Å²) in [6.07, 6.45) is 0.941. The van der Waals surface area contributed by atoms with Crippen molar-refractivity contribution in [2.24, 2.45) is 5.73 Å². The van der Waals surface area contributed by atoms with Crippen LogP contribution in [0.2, 0.25) is 0 Å². The molecular weight excluding hydrogens is 230 g/mol. The first-order chi connectivity index (χ1) is 8.69. The van der Waals surface area contributed by atoms with E-state index in [0.29, 0.717) is 13.2 Å². The van der Waals surface area contributed by atoms with Crippen LogP contribution < -0.4 is 16.4 Å². The summed E-state index contributed by atoms with van der Waals surface area (Å²) >= 11 is 0. The van der Waals surface area contributed by atoms with Gasteiger partial charge in [-0.25, -0.2) is 4.79 Å². The highest BCUT2D eigenvalue weighted by atomic mass is 16.5. The molecule has 1 aliphatic rings. The summed E-state index contributed by atoms with van der Waals surface area (Å²) in [5, 5.41) is 5.70. The molecule has 0 spiro atoms. The number of anilines is 1. The molecule has 1 aromatic rings. The molecule has 0 aliphatic carbocycles.